The molecule has 2 aromatic carbocycles. The number of hydrogen-bond donors (Lipinski definition) is 2. The number of rotatable bonds is 6. The first-order chi connectivity index (χ1) is 11.5. The molecule has 2 rings (SSSR count). The van der Waals surface area contributed by atoms with E-state index in [4.69, 9.17) is 0 Å². The van der Waals surface area contributed by atoms with E-state index < -0.39 is 33.3 Å². The van der Waals surface area contributed by atoms with Crippen molar-refractivity contribution >= 4 is 21.1 Å². The third kappa shape index (κ3) is 4.65. The zero-order chi connectivity index (χ0) is 17.5. The molecule has 0 aliphatic carbocycles. The molecular formula is C16H14O7Si. The average molecular weight is 346 g/mol. The van der Waals surface area contributed by atoms with Gasteiger partial charge in [0.15, 0.2) is 12.2 Å². The van der Waals surface area contributed by atoms with Gasteiger partial charge >= 0.3 is 21.1 Å². The summed E-state index contributed by atoms with van der Waals surface area (Å²) in [6, 6.07) is 15.7. The standard InChI is InChI=1S/C16H14O7Si/c17-13(11-7-3-1-4-8-11)15(19)22-24(21)23-16(20)14(18)12-9-5-2-6-10-12/h1-10,13-14,17-18H. The number of benzene rings is 2. The molecule has 0 spiro atoms. The van der Waals surface area contributed by atoms with Crippen molar-refractivity contribution in [1.82, 2.24) is 0 Å². The molecule has 2 aromatic rings. The number of aliphatic hydroxyl groups is 2. The quantitative estimate of drug-likeness (QED) is 0.749. The molecule has 0 amide bonds. The smallest absolute Gasteiger partial charge is 0.427 e. The summed E-state index contributed by atoms with van der Waals surface area (Å²) in [4.78, 5) is 23.3. The summed E-state index contributed by atoms with van der Waals surface area (Å²) in [6.07, 6.45) is -3.31. The topological polar surface area (TPSA) is 110 Å². The third-order valence-corrected chi connectivity index (χ3v) is 3.78. The molecule has 0 heterocycles. The molecule has 2 N–H and O–H groups in total. The van der Waals surface area contributed by atoms with E-state index >= 15 is 0 Å². The Labute approximate surface area is 139 Å². The van der Waals surface area contributed by atoms with Gasteiger partial charge in [-0.25, -0.2) is 9.59 Å². The second-order valence-electron chi connectivity index (χ2n) is 4.72. The summed E-state index contributed by atoms with van der Waals surface area (Å²) in [7, 11) is -3.56. The highest BCUT2D eigenvalue weighted by atomic mass is 28.3. The minimum absolute atomic E-state index is 0.243. The van der Waals surface area contributed by atoms with E-state index in [1.165, 1.54) is 24.3 Å². The number of hydrogen-bond acceptors (Lipinski definition) is 7. The maximum Gasteiger partial charge on any atom is 0.782 e. The predicted molar refractivity (Wildman–Crippen MR) is 81.4 cm³/mol. The molecular weight excluding hydrogens is 332 g/mol. The van der Waals surface area contributed by atoms with Gasteiger partial charge in [0.1, 0.15) is 0 Å². The number of carbonyl (C=O) groups is 2. The van der Waals surface area contributed by atoms with Crippen LogP contribution in [-0.2, 0) is 22.9 Å². The maximum atomic E-state index is 11.7. The fraction of sp³-hybridized carbons (Fsp3) is 0.125. The molecule has 124 valence electrons. The van der Waals surface area contributed by atoms with Gasteiger partial charge in [0.2, 0.25) is 0 Å². The van der Waals surface area contributed by atoms with Crippen molar-refractivity contribution < 1.29 is 33.1 Å². The Morgan fingerprint density at radius 3 is 1.42 bits per heavy atom. The summed E-state index contributed by atoms with van der Waals surface area (Å²) in [6.45, 7) is 0. The van der Waals surface area contributed by atoms with Crippen molar-refractivity contribution in [3.8, 4) is 0 Å². The molecule has 2 unspecified atom stereocenters. The highest BCUT2D eigenvalue weighted by molar-refractivity contribution is 6.33. The van der Waals surface area contributed by atoms with Crippen molar-refractivity contribution in [3.05, 3.63) is 71.8 Å². The summed E-state index contributed by atoms with van der Waals surface area (Å²) in [5, 5.41) is 19.5. The zero-order valence-electron chi connectivity index (χ0n) is 12.4. The summed E-state index contributed by atoms with van der Waals surface area (Å²) in [5.74, 6) is -2.43. The largest absolute Gasteiger partial charge is 0.782 e. The summed E-state index contributed by atoms with van der Waals surface area (Å²) in [5.41, 5.74) is 0.487. The van der Waals surface area contributed by atoms with Crippen LogP contribution in [0, 0.1) is 0 Å². The monoisotopic (exact) mass is 346 g/mol. The Hall–Kier alpha value is -2.68. The van der Waals surface area contributed by atoms with Crippen LogP contribution >= 0.6 is 0 Å². The number of aliphatic hydroxyl groups excluding tert-OH is 2. The van der Waals surface area contributed by atoms with Gasteiger partial charge < -0.3 is 19.1 Å². The van der Waals surface area contributed by atoms with Gasteiger partial charge in [-0.2, -0.15) is 0 Å². The van der Waals surface area contributed by atoms with E-state index in [-0.39, 0.29) is 11.1 Å². The van der Waals surface area contributed by atoms with Crippen LogP contribution in [0.2, 0.25) is 0 Å². The van der Waals surface area contributed by atoms with Crippen molar-refractivity contribution in [2.24, 2.45) is 0 Å². The van der Waals surface area contributed by atoms with Crippen LogP contribution in [0.1, 0.15) is 23.3 Å². The van der Waals surface area contributed by atoms with Gasteiger partial charge in [-0.15, -0.1) is 0 Å². The normalized spacial score (nSPS) is 12.8. The minimum Gasteiger partial charge on any atom is -0.427 e. The molecule has 0 saturated carbocycles. The lowest BCUT2D eigenvalue weighted by Gasteiger charge is -2.11. The molecule has 0 bridgehead atoms. The highest BCUT2D eigenvalue weighted by Crippen LogP contribution is 2.15. The van der Waals surface area contributed by atoms with E-state index in [9.17, 15) is 24.3 Å². The van der Waals surface area contributed by atoms with Crippen LogP contribution < -0.4 is 0 Å². The Kier molecular flexibility index (Phi) is 6.07. The first-order valence-corrected chi connectivity index (χ1v) is 8.15. The van der Waals surface area contributed by atoms with E-state index in [0.717, 1.165) is 0 Å². The van der Waals surface area contributed by atoms with Crippen molar-refractivity contribution in [2.45, 2.75) is 12.2 Å². The lowest BCUT2D eigenvalue weighted by atomic mass is 10.1. The minimum atomic E-state index is -3.56. The molecule has 0 aromatic heterocycles. The van der Waals surface area contributed by atoms with E-state index in [1.807, 2.05) is 0 Å². The summed E-state index contributed by atoms with van der Waals surface area (Å²) < 4.78 is 20.5. The van der Waals surface area contributed by atoms with E-state index in [2.05, 4.69) is 8.85 Å². The van der Waals surface area contributed by atoms with Gasteiger partial charge in [0, 0.05) is 0 Å². The molecule has 0 fully saturated rings. The van der Waals surface area contributed by atoms with Crippen molar-refractivity contribution in [1.29, 1.82) is 0 Å². The Morgan fingerprint density at radius 1 is 0.750 bits per heavy atom. The van der Waals surface area contributed by atoms with Crippen LogP contribution in [0.4, 0.5) is 0 Å². The van der Waals surface area contributed by atoms with E-state index in [1.54, 1.807) is 36.4 Å². The molecule has 0 aliphatic heterocycles. The molecule has 24 heavy (non-hydrogen) atoms. The van der Waals surface area contributed by atoms with E-state index in [0.29, 0.717) is 0 Å². The number of carbonyl (C=O) groups excluding carboxylic acids is 2. The average Bonchev–Trinajstić information content (AvgIpc) is 2.61. The molecule has 0 saturated heterocycles. The van der Waals surface area contributed by atoms with Gasteiger partial charge in [0.05, 0.1) is 0 Å². The van der Waals surface area contributed by atoms with Crippen LogP contribution in [0.5, 0.6) is 0 Å². The Bertz CT molecular complexity index is 656. The SMILES string of the molecule is O=C(O[Si](=O)OC(=O)C(O)c1ccccc1)C(O)c1ccccc1. The Balaban J connectivity index is 1.90. The molecule has 2 atom stereocenters. The first kappa shape index (κ1) is 17.7. The second kappa shape index (κ2) is 8.25. The second-order valence-corrected chi connectivity index (χ2v) is 5.63. The first-order valence-electron chi connectivity index (χ1n) is 6.92. The van der Waals surface area contributed by atoms with Gasteiger partial charge in [0.25, 0.3) is 0 Å². The molecule has 0 aliphatic rings. The summed E-state index contributed by atoms with van der Waals surface area (Å²) >= 11 is 0. The van der Waals surface area contributed by atoms with Crippen molar-refractivity contribution in [3.63, 3.8) is 0 Å². The van der Waals surface area contributed by atoms with Crippen LogP contribution in [-0.4, -0.2) is 31.3 Å². The Morgan fingerprint density at radius 2 is 1.08 bits per heavy atom. The maximum absolute atomic E-state index is 11.7. The van der Waals surface area contributed by atoms with Crippen LogP contribution in [0.25, 0.3) is 0 Å². The lowest BCUT2D eigenvalue weighted by Crippen LogP contribution is -2.27. The fourth-order valence-electron chi connectivity index (χ4n) is 1.84. The highest BCUT2D eigenvalue weighted by Gasteiger charge is 2.29. The lowest BCUT2D eigenvalue weighted by molar-refractivity contribution is -0.151. The third-order valence-electron chi connectivity index (χ3n) is 3.04. The molecule has 8 heteroatoms. The zero-order valence-corrected chi connectivity index (χ0v) is 13.4. The fourth-order valence-corrected chi connectivity index (χ4v) is 2.43. The predicted octanol–water partition coefficient (Wildman–Crippen LogP) is 0.955. The van der Waals surface area contributed by atoms with Gasteiger partial charge in [-0.1, -0.05) is 60.7 Å². The van der Waals surface area contributed by atoms with Crippen LogP contribution in [0.15, 0.2) is 60.7 Å². The van der Waals surface area contributed by atoms with Crippen molar-refractivity contribution in [2.75, 3.05) is 0 Å². The van der Waals surface area contributed by atoms with Crippen LogP contribution in [0.3, 0.4) is 0 Å². The van der Waals surface area contributed by atoms with Gasteiger partial charge in [-0.3, -0.25) is 4.46 Å². The molecule has 7 nitrogen and oxygen atoms in total. The van der Waals surface area contributed by atoms with Gasteiger partial charge in [-0.05, 0) is 11.1 Å². The molecule has 0 radical (unpaired) electrons.